The Morgan fingerprint density at radius 3 is 2.50 bits per heavy atom. The van der Waals surface area contributed by atoms with Gasteiger partial charge in [0.2, 0.25) is 0 Å². The van der Waals surface area contributed by atoms with Crippen LogP contribution in [0.2, 0.25) is 5.02 Å². The molecule has 0 aliphatic heterocycles. The predicted molar refractivity (Wildman–Crippen MR) is 85.7 cm³/mol. The maximum absolute atomic E-state index is 11.4. The summed E-state index contributed by atoms with van der Waals surface area (Å²) in [5.41, 5.74) is 3.01. The van der Waals surface area contributed by atoms with Crippen molar-refractivity contribution in [2.45, 2.75) is 6.92 Å². The Morgan fingerprint density at radius 1 is 1.14 bits per heavy atom. The van der Waals surface area contributed by atoms with E-state index in [0.717, 1.165) is 16.9 Å². The van der Waals surface area contributed by atoms with Crippen LogP contribution in [0.4, 0.5) is 0 Å². The van der Waals surface area contributed by atoms with Gasteiger partial charge in [-0.05, 0) is 31.2 Å². The third-order valence-electron chi connectivity index (χ3n) is 3.42. The SMILES string of the molecule is Cc1c(C(=O)O)nn(-c2ccccc2)c1-c1cccc(Cl)c1. The molecule has 0 unspecified atom stereocenters. The molecule has 110 valence electrons. The van der Waals surface area contributed by atoms with Crippen molar-refractivity contribution in [1.29, 1.82) is 0 Å². The minimum Gasteiger partial charge on any atom is -0.476 e. The highest BCUT2D eigenvalue weighted by atomic mass is 35.5. The number of para-hydroxylation sites is 1. The smallest absolute Gasteiger partial charge is 0.356 e. The average Bonchev–Trinajstić information content (AvgIpc) is 2.86. The van der Waals surface area contributed by atoms with E-state index in [1.54, 1.807) is 23.7 Å². The fourth-order valence-electron chi connectivity index (χ4n) is 2.43. The fraction of sp³-hybridized carbons (Fsp3) is 0.0588. The quantitative estimate of drug-likeness (QED) is 0.788. The first-order valence-corrected chi connectivity index (χ1v) is 7.10. The van der Waals surface area contributed by atoms with E-state index in [1.165, 1.54) is 0 Å². The Kier molecular flexibility index (Phi) is 3.69. The molecule has 1 heterocycles. The van der Waals surface area contributed by atoms with E-state index in [9.17, 15) is 9.90 Å². The summed E-state index contributed by atoms with van der Waals surface area (Å²) < 4.78 is 1.64. The first kappa shape index (κ1) is 14.4. The number of aromatic carboxylic acids is 1. The van der Waals surface area contributed by atoms with Crippen LogP contribution in [-0.2, 0) is 0 Å². The zero-order chi connectivity index (χ0) is 15.7. The van der Waals surface area contributed by atoms with E-state index >= 15 is 0 Å². The average molecular weight is 313 g/mol. The molecule has 22 heavy (non-hydrogen) atoms. The third-order valence-corrected chi connectivity index (χ3v) is 3.66. The Bertz CT molecular complexity index is 841. The Balaban J connectivity index is 2.30. The summed E-state index contributed by atoms with van der Waals surface area (Å²) in [6.45, 7) is 1.76. The van der Waals surface area contributed by atoms with Crippen LogP contribution in [0.25, 0.3) is 16.9 Å². The largest absolute Gasteiger partial charge is 0.476 e. The van der Waals surface area contributed by atoms with Gasteiger partial charge in [0.1, 0.15) is 0 Å². The van der Waals surface area contributed by atoms with Gasteiger partial charge in [0, 0.05) is 16.1 Å². The van der Waals surface area contributed by atoms with Crippen LogP contribution in [0.3, 0.4) is 0 Å². The number of carboxylic acids is 1. The Morgan fingerprint density at radius 2 is 1.86 bits per heavy atom. The van der Waals surface area contributed by atoms with Gasteiger partial charge in [-0.2, -0.15) is 5.10 Å². The number of nitrogens with zero attached hydrogens (tertiary/aromatic N) is 2. The highest BCUT2D eigenvalue weighted by molar-refractivity contribution is 6.30. The molecule has 0 saturated heterocycles. The molecule has 4 nitrogen and oxygen atoms in total. The number of hydrogen-bond donors (Lipinski definition) is 1. The first-order valence-electron chi connectivity index (χ1n) is 6.72. The zero-order valence-electron chi connectivity index (χ0n) is 11.8. The Labute approximate surface area is 132 Å². The second-order valence-corrected chi connectivity index (χ2v) is 5.32. The molecule has 1 aromatic heterocycles. The summed E-state index contributed by atoms with van der Waals surface area (Å²) in [6.07, 6.45) is 0. The molecule has 0 atom stereocenters. The molecular weight excluding hydrogens is 300 g/mol. The van der Waals surface area contributed by atoms with Crippen LogP contribution in [0.15, 0.2) is 54.6 Å². The molecule has 3 rings (SSSR count). The van der Waals surface area contributed by atoms with Crippen molar-refractivity contribution in [3.63, 3.8) is 0 Å². The molecule has 0 aliphatic rings. The molecule has 1 N–H and O–H groups in total. The van der Waals surface area contributed by atoms with E-state index in [0.29, 0.717) is 10.6 Å². The number of halogens is 1. The molecule has 0 amide bonds. The van der Waals surface area contributed by atoms with Crippen LogP contribution in [-0.4, -0.2) is 20.9 Å². The molecule has 0 aliphatic carbocycles. The van der Waals surface area contributed by atoms with Crippen molar-refractivity contribution in [1.82, 2.24) is 9.78 Å². The molecule has 2 aromatic carbocycles. The van der Waals surface area contributed by atoms with Gasteiger partial charge in [0.05, 0.1) is 11.4 Å². The standard InChI is InChI=1S/C17H13ClN2O2/c1-11-15(17(21)22)19-20(14-8-3-2-4-9-14)16(11)12-6-5-7-13(18)10-12/h2-10H,1H3,(H,21,22). The van der Waals surface area contributed by atoms with Crippen LogP contribution >= 0.6 is 11.6 Å². The van der Waals surface area contributed by atoms with Gasteiger partial charge in [-0.15, -0.1) is 0 Å². The highest BCUT2D eigenvalue weighted by Crippen LogP contribution is 2.30. The van der Waals surface area contributed by atoms with Gasteiger partial charge in [0.15, 0.2) is 5.69 Å². The first-order chi connectivity index (χ1) is 10.6. The van der Waals surface area contributed by atoms with E-state index in [2.05, 4.69) is 5.10 Å². The van der Waals surface area contributed by atoms with Gasteiger partial charge < -0.3 is 5.11 Å². The number of hydrogen-bond acceptors (Lipinski definition) is 2. The van der Waals surface area contributed by atoms with Crippen LogP contribution in [0.1, 0.15) is 16.1 Å². The van der Waals surface area contributed by atoms with Gasteiger partial charge in [-0.25, -0.2) is 9.48 Å². The monoisotopic (exact) mass is 312 g/mol. The van der Waals surface area contributed by atoms with Gasteiger partial charge in [-0.3, -0.25) is 0 Å². The zero-order valence-corrected chi connectivity index (χ0v) is 12.6. The van der Waals surface area contributed by atoms with Crippen molar-refractivity contribution in [3.05, 3.63) is 70.9 Å². The predicted octanol–water partition coefficient (Wildman–Crippen LogP) is 4.20. The molecule has 0 spiro atoms. The molecule has 5 heteroatoms. The van der Waals surface area contributed by atoms with Gasteiger partial charge in [-0.1, -0.05) is 41.9 Å². The van der Waals surface area contributed by atoms with Gasteiger partial charge >= 0.3 is 5.97 Å². The minimum atomic E-state index is -1.05. The highest BCUT2D eigenvalue weighted by Gasteiger charge is 2.21. The van der Waals surface area contributed by atoms with E-state index in [1.807, 2.05) is 42.5 Å². The van der Waals surface area contributed by atoms with Crippen molar-refractivity contribution >= 4 is 17.6 Å². The fourth-order valence-corrected chi connectivity index (χ4v) is 2.62. The maximum Gasteiger partial charge on any atom is 0.356 e. The van der Waals surface area contributed by atoms with Crippen LogP contribution < -0.4 is 0 Å². The summed E-state index contributed by atoms with van der Waals surface area (Å²) in [5.74, 6) is -1.05. The Hall–Kier alpha value is -2.59. The number of carbonyl (C=O) groups is 1. The second-order valence-electron chi connectivity index (χ2n) is 4.89. The van der Waals surface area contributed by atoms with Crippen molar-refractivity contribution < 1.29 is 9.90 Å². The summed E-state index contributed by atoms with van der Waals surface area (Å²) in [6, 6.07) is 16.7. The van der Waals surface area contributed by atoms with E-state index in [4.69, 9.17) is 11.6 Å². The normalized spacial score (nSPS) is 10.6. The van der Waals surface area contributed by atoms with Crippen LogP contribution in [0, 0.1) is 6.92 Å². The molecule has 0 bridgehead atoms. The van der Waals surface area contributed by atoms with Crippen molar-refractivity contribution in [2.75, 3.05) is 0 Å². The number of rotatable bonds is 3. The topological polar surface area (TPSA) is 55.1 Å². The lowest BCUT2D eigenvalue weighted by Crippen LogP contribution is -2.02. The lowest BCUT2D eigenvalue weighted by molar-refractivity contribution is 0.0689. The summed E-state index contributed by atoms with van der Waals surface area (Å²) in [7, 11) is 0. The van der Waals surface area contributed by atoms with E-state index in [-0.39, 0.29) is 5.69 Å². The molecular formula is C17H13ClN2O2. The van der Waals surface area contributed by atoms with Crippen molar-refractivity contribution in [3.8, 4) is 16.9 Å². The summed E-state index contributed by atoms with van der Waals surface area (Å²) in [5, 5.41) is 14.2. The lowest BCUT2D eigenvalue weighted by Gasteiger charge is -2.09. The van der Waals surface area contributed by atoms with Crippen LogP contribution in [0.5, 0.6) is 0 Å². The molecule has 0 fully saturated rings. The van der Waals surface area contributed by atoms with Gasteiger partial charge in [0.25, 0.3) is 0 Å². The number of aromatic nitrogens is 2. The van der Waals surface area contributed by atoms with Crippen molar-refractivity contribution in [2.24, 2.45) is 0 Å². The molecule has 0 saturated carbocycles. The van der Waals surface area contributed by atoms with E-state index < -0.39 is 5.97 Å². The third kappa shape index (κ3) is 2.49. The number of benzene rings is 2. The number of carboxylic acid groups (broad SMARTS) is 1. The lowest BCUT2D eigenvalue weighted by atomic mass is 10.1. The molecule has 0 radical (unpaired) electrons. The molecule has 3 aromatic rings. The maximum atomic E-state index is 11.4. The minimum absolute atomic E-state index is 0.0406. The summed E-state index contributed by atoms with van der Waals surface area (Å²) >= 11 is 6.07. The summed E-state index contributed by atoms with van der Waals surface area (Å²) in [4.78, 5) is 11.4. The second kappa shape index (κ2) is 5.66.